The number of carbonyl (C=O) groups is 2. The predicted octanol–water partition coefficient (Wildman–Crippen LogP) is 3.13. The fourth-order valence-electron chi connectivity index (χ4n) is 2.66. The van der Waals surface area contributed by atoms with Gasteiger partial charge in [-0.15, -0.1) is 11.8 Å². The monoisotopic (exact) mass is 454 g/mol. The van der Waals surface area contributed by atoms with Gasteiger partial charge in [0.2, 0.25) is 0 Å². The smallest absolute Gasteiger partial charge is 0.254 e. The van der Waals surface area contributed by atoms with E-state index < -0.39 is 24.0 Å². The maximum Gasteiger partial charge on any atom is 0.254 e. The van der Waals surface area contributed by atoms with Crippen molar-refractivity contribution in [3.8, 4) is 0 Å². The summed E-state index contributed by atoms with van der Waals surface area (Å²) in [6.07, 6.45) is -2.21. The number of hydrogen-bond acceptors (Lipinski definition) is 5. The van der Waals surface area contributed by atoms with Gasteiger partial charge in [-0.25, -0.2) is 0 Å². The summed E-state index contributed by atoms with van der Waals surface area (Å²) in [4.78, 5) is 26.4. The zero-order valence-electron chi connectivity index (χ0n) is 17.7. The molecule has 166 valence electrons. The van der Waals surface area contributed by atoms with Crippen LogP contribution in [0, 0.1) is 0 Å². The largest absolute Gasteiger partial charge is 0.380 e. The van der Waals surface area contributed by atoms with Crippen LogP contribution in [-0.4, -0.2) is 58.8 Å². The number of aliphatic hydroxyl groups is 2. The summed E-state index contributed by atoms with van der Waals surface area (Å²) >= 11 is 7.53. The summed E-state index contributed by atoms with van der Waals surface area (Å²) in [5.41, 5.74) is 2.11. The van der Waals surface area contributed by atoms with E-state index in [9.17, 15) is 19.8 Å². The van der Waals surface area contributed by atoms with Crippen molar-refractivity contribution in [2.24, 2.45) is 0 Å². The van der Waals surface area contributed by atoms with Crippen molar-refractivity contribution in [3.63, 3.8) is 0 Å². The Morgan fingerprint density at radius 3 is 2.53 bits per heavy atom. The average molecular weight is 455 g/mol. The number of hydrogen-bond donors (Lipinski definition) is 3. The van der Waals surface area contributed by atoms with Gasteiger partial charge in [0.15, 0.2) is 12.2 Å². The average Bonchev–Trinajstić information content (AvgIpc) is 2.74. The van der Waals surface area contributed by atoms with Crippen molar-refractivity contribution in [1.82, 2.24) is 10.2 Å². The summed E-state index contributed by atoms with van der Waals surface area (Å²) in [5.74, 6) is -1.48. The molecule has 1 aromatic carbocycles. The molecule has 0 fully saturated rings. The first-order valence-corrected chi connectivity index (χ1v) is 11.1. The summed E-state index contributed by atoms with van der Waals surface area (Å²) in [5, 5.41) is 25.2. The van der Waals surface area contributed by atoms with E-state index in [1.807, 2.05) is 43.5 Å². The number of nitrogens with one attached hydrogen (secondary N) is 1. The van der Waals surface area contributed by atoms with E-state index >= 15 is 0 Å². The zero-order chi connectivity index (χ0) is 22.7. The third-order valence-corrected chi connectivity index (χ3v) is 5.69. The number of allylic oxidation sites excluding steroid dienone is 1. The van der Waals surface area contributed by atoms with Crippen molar-refractivity contribution >= 4 is 35.2 Å². The molecule has 0 aliphatic carbocycles. The van der Waals surface area contributed by atoms with Gasteiger partial charge in [0.1, 0.15) is 0 Å². The van der Waals surface area contributed by atoms with Crippen molar-refractivity contribution < 1.29 is 19.8 Å². The number of halogens is 1. The van der Waals surface area contributed by atoms with Gasteiger partial charge in [-0.1, -0.05) is 48.9 Å². The maximum atomic E-state index is 12.2. The molecule has 0 heterocycles. The Hall–Kier alpha value is -1.80. The highest BCUT2D eigenvalue weighted by Crippen LogP contribution is 2.22. The van der Waals surface area contributed by atoms with Crippen LogP contribution in [0.2, 0.25) is 5.02 Å². The number of likely N-dealkylation sites (N-methyl/N-ethyl adjacent to an activating group) is 1. The molecule has 0 bridgehead atoms. The first-order valence-electron chi connectivity index (χ1n) is 9.87. The Labute approximate surface area is 188 Å². The van der Waals surface area contributed by atoms with Gasteiger partial charge < -0.3 is 20.4 Å². The van der Waals surface area contributed by atoms with Gasteiger partial charge in [0.25, 0.3) is 11.8 Å². The predicted molar refractivity (Wildman–Crippen MR) is 123 cm³/mol. The minimum Gasteiger partial charge on any atom is -0.380 e. The molecular formula is C22H31ClN2O4S. The Morgan fingerprint density at radius 1 is 1.27 bits per heavy atom. The molecule has 2 atom stereocenters. The Kier molecular flexibility index (Phi) is 11.8. The van der Waals surface area contributed by atoms with Crippen molar-refractivity contribution in [2.75, 3.05) is 19.6 Å². The van der Waals surface area contributed by atoms with Gasteiger partial charge in [0, 0.05) is 29.6 Å². The first-order chi connectivity index (χ1) is 14.2. The second kappa shape index (κ2) is 13.5. The van der Waals surface area contributed by atoms with Gasteiger partial charge in [-0.2, -0.15) is 0 Å². The van der Waals surface area contributed by atoms with E-state index in [-0.39, 0.29) is 6.54 Å². The molecule has 1 aromatic rings. The SMILES string of the molecule is C=C(CNC(=O)C(O)C(O)C(=O)N(CC)CCC)S/C=C(\C)Cc1ccccc1Cl. The number of aliphatic hydroxyl groups excluding tert-OH is 2. The molecule has 0 aliphatic rings. The molecule has 0 radical (unpaired) electrons. The van der Waals surface area contributed by atoms with E-state index in [1.54, 1.807) is 6.92 Å². The Morgan fingerprint density at radius 2 is 1.93 bits per heavy atom. The lowest BCUT2D eigenvalue weighted by molar-refractivity contribution is -0.152. The fourth-order valence-corrected chi connectivity index (χ4v) is 3.47. The van der Waals surface area contributed by atoms with Crippen LogP contribution in [0.25, 0.3) is 0 Å². The van der Waals surface area contributed by atoms with E-state index in [0.29, 0.717) is 29.4 Å². The van der Waals surface area contributed by atoms with Crippen LogP contribution in [0.5, 0.6) is 0 Å². The number of amides is 2. The van der Waals surface area contributed by atoms with Crippen molar-refractivity contribution in [2.45, 2.75) is 45.8 Å². The molecule has 0 spiro atoms. The second-order valence-electron chi connectivity index (χ2n) is 6.91. The number of carbonyl (C=O) groups excluding carboxylic acids is 2. The highest BCUT2D eigenvalue weighted by atomic mass is 35.5. The molecule has 1 rings (SSSR count). The lowest BCUT2D eigenvalue weighted by Gasteiger charge is -2.25. The maximum absolute atomic E-state index is 12.2. The number of benzene rings is 1. The third kappa shape index (κ3) is 8.52. The van der Waals surface area contributed by atoms with Crippen LogP contribution in [-0.2, 0) is 16.0 Å². The molecule has 2 unspecified atom stereocenters. The van der Waals surface area contributed by atoms with Crippen LogP contribution in [0.4, 0.5) is 0 Å². The highest BCUT2D eigenvalue weighted by Gasteiger charge is 2.32. The topological polar surface area (TPSA) is 89.9 Å². The lowest BCUT2D eigenvalue weighted by atomic mass is 10.1. The highest BCUT2D eigenvalue weighted by molar-refractivity contribution is 8.05. The molecule has 0 aromatic heterocycles. The van der Waals surface area contributed by atoms with E-state index in [1.165, 1.54) is 16.7 Å². The van der Waals surface area contributed by atoms with Gasteiger partial charge >= 0.3 is 0 Å². The van der Waals surface area contributed by atoms with Gasteiger partial charge in [-0.3, -0.25) is 9.59 Å². The summed E-state index contributed by atoms with van der Waals surface area (Å²) in [6, 6.07) is 7.63. The second-order valence-corrected chi connectivity index (χ2v) is 8.37. The zero-order valence-corrected chi connectivity index (χ0v) is 19.3. The summed E-state index contributed by atoms with van der Waals surface area (Å²) < 4.78 is 0. The van der Waals surface area contributed by atoms with Crippen molar-refractivity contribution in [3.05, 3.63) is 57.3 Å². The van der Waals surface area contributed by atoms with Gasteiger partial charge in [-0.05, 0) is 43.7 Å². The van der Waals surface area contributed by atoms with Crippen LogP contribution >= 0.6 is 23.4 Å². The third-order valence-electron chi connectivity index (χ3n) is 4.32. The van der Waals surface area contributed by atoms with Crippen molar-refractivity contribution in [1.29, 1.82) is 0 Å². The molecule has 0 aliphatic heterocycles. The van der Waals surface area contributed by atoms with E-state index in [2.05, 4.69) is 11.9 Å². The molecular weight excluding hydrogens is 424 g/mol. The van der Waals surface area contributed by atoms with E-state index in [4.69, 9.17) is 11.6 Å². The van der Waals surface area contributed by atoms with Crippen LogP contribution in [0.1, 0.15) is 32.8 Å². The molecule has 8 heteroatoms. The minimum atomic E-state index is -1.83. The van der Waals surface area contributed by atoms with Gasteiger partial charge in [0.05, 0.1) is 0 Å². The fraction of sp³-hybridized carbons (Fsp3) is 0.455. The van der Waals surface area contributed by atoms with Crippen LogP contribution in [0.15, 0.2) is 46.7 Å². The normalized spacial score (nSPS) is 13.5. The minimum absolute atomic E-state index is 0.101. The number of thioether (sulfide) groups is 1. The summed E-state index contributed by atoms with van der Waals surface area (Å²) in [6.45, 7) is 10.5. The number of nitrogens with zero attached hydrogens (tertiary/aromatic N) is 1. The first kappa shape index (κ1) is 26.2. The molecule has 0 saturated heterocycles. The Bertz CT molecular complexity index is 769. The standard InChI is InChI=1S/C22H31ClN2O4S/c1-5-11-25(6-2)22(29)20(27)19(26)21(28)24-13-16(4)30-14-15(3)12-17-9-7-8-10-18(17)23/h7-10,14,19-20,26-27H,4-6,11-13H2,1-3H3,(H,24,28)/b15-14+. The number of rotatable bonds is 12. The van der Waals surface area contributed by atoms with E-state index in [0.717, 1.165) is 17.6 Å². The molecule has 3 N–H and O–H groups in total. The van der Waals surface area contributed by atoms with Crippen LogP contribution < -0.4 is 5.32 Å². The quantitative estimate of drug-likeness (QED) is 0.451. The molecule has 6 nitrogen and oxygen atoms in total. The Balaban J connectivity index is 2.50. The lowest BCUT2D eigenvalue weighted by Crippen LogP contribution is -2.51. The van der Waals surface area contributed by atoms with Crippen LogP contribution in [0.3, 0.4) is 0 Å². The molecule has 30 heavy (non-hydrogen) atoms. The molecule has 2 amide bonds. The molecule has 0 saturated carbocycles. The summed E-state index contributed by atoms with van der Waals surface area (Å²) in [7, 11) is 0.